The summed E-state index contributed by atoms with van der Waals surface area (Å²) in [6.45, 7) is 7.03. The first kappa shape index (κ1) is 9.84. The Morgan fingerprint density at radius 1 is 1.54 bits per heavy atom. The largest absolute Gasteiger partial charge is 0.457 e. The van der Waals surface area contributed by atoms with Gasteiger partial charge in [0.2, 0.25) is 5.79 Å². The van der Waals surface area contributed by atoms with Crippen molar-refractivity contribution in [2.24, 2.45) is 0 Å². The van der Waals surface area contributed by atoms with Crippen LogP contribution >= 0.6 is 0 Å². The van der Waals surface area contributed by atoms with E-state index in [1.807, 2.05) is 0 Å². The number of carbonyl (C=O) groups excluding carboxylic acids is 1. The molecular formula is C10H14O3. The SMILES string of the molecule is C=CCCC1=CC(=O)OC(C)(C)O1. The lowest BCUT2D eigenvalue weighted by Crippen LogP contribution is -2.34. The van der Waals surface area contributed by atoms with Gasteiger partial charge in [-0.25, -0.2) is 4.79 Å². The number of hydrogen-bond donors (Lipinski definition) is 0. The molecule has 0 unspecified atom stereocenters. The molecule has 0 aromatic carbocycles. The number of hydrogen-bond acceptors (Lipinski definition) is 3. The molecule has 0 saturated heterocycles. The third-order valence-corrected chi connectivity index (χ3v) is 1.60. The number of rotatable bonds is 3. The highest BCUT2D eigenvalue weighted by molar-refractivity contribution is 5.83. The second-order valence-corrected chi connectivity index (χ2v) is 3.36. The van der Waals surface area contributed by atoms with Crippen molar-refractivity contribution in [3.8, 4) is 0 Å². The van der Waals surface area contributed by atoms with Crippen LogP contribution in [0.1, 0.15) is 26.7 Å². The normalized spacial score (nSPS) is 19.8. The highest BCUT2D eigenvalue weighted by Gasteiger charge is 2.29. The number of carbonyl (C=O) groups is 1. The monoisotopic (exact) mass is 182 g/mol. The summed E-state index contributed by atoms with van der Waals surface area (Å²) in [5, 5.41) is 0. The highest BCUT2D eigenvalue weighted by atomic mass is 16.7. The van der Waals surface area contributed by atoms with Crippen molar-refractivity contribution >= 4 is 5.97 Å². The third-order valence-electron chi connectivity index (χ3n) is 1.60. The number of esters is 1. The lowest BCUT2D eigenvalue weighted by atomic mass is 10.2. The average molecular weight is 182 g/mol. The average Bonchev–Trinajstić information content (AvgIpc) is 1.97. The van der Waals surface area contributed by atoms with Crippen LogP contribution in [-0.4, -0.2) is 11.8 Å². The molecule has 1 rings (SSSR count). The van der Waals surface area contributed by atoms with Gasteiger partial charge in [0.05, 0.1) is 6.08 Å². The standard InChI is InChI=1S/C10H14O3/c1-4-5-6-8-7-9(11)13-10(2,3)12-8/h4,7H,1,5-6H2,2-3H3. The zero-order chi connectivity index (χ0) is 9.90. The quantitative estimate of drug-likeness (QED) is 0.495. The van der Waals surface area contributed by atoms with E-state index in [0.717, 1.165) is 6.42 Å². The van der Waals surface area contributed by atoms with Gasteiger partial charge in [-0.1, -0.05) is 6.08 Å². The van der Waals surface area contributed by atoms with Crippen LogP contribution < -0.4 is 0 Å². The van der Waals surface area contributed by atoms with Crippen molar-refractivity contribution in [1.29, 1.82) is 0 Å². The first-order valence-corrected chi connectivity index (χ1v) is 4.27. The van der Waals surface area contributed by atoms with Crippen molar-refractivity contribution in [1.82, 2.24) is 0 Å². The molecule has 0 saturated carbocycles. The molecule has 0 radical (unpaired) electrons. The minimum absolute atomic E-state index is 0.338. The molecule has 13 heavy (non-hydrogen) atoms. The smallest absolute Gasteiger partial charge is 0.337 e. The first-order chi connectivity index (χ1) is 6.03. The van der Waals surface area contributed by atoms with Crippen LogP contribution in [0, 0.1) is 0 Å². The molecule has 3 heteroatoms. The summed E-state index contributed by atoms with van der Waals surface area (Å²) in [7, 11) is 0. The van der Waals surface area contributed by atoms with Crippen molar-refractivity contribution in [3.05, 3.63) is 24.5 Å². The fourth-order valence-electron chi connectivity index (χ4n) is 1.14. The molecular weight excluding hydrogens is 168 g/mol. The molecule has 72 valence electrons. The van der Waals surface area contributed by atoms with Crippen molar-refractivity contribution in [2.75, 3.05) is 0 Å². The van der Waals surface area contributed by atoms with Crippen molar-refractivity contribution in [2.45, 2.75) is 32.5 Å². The second-order valence-electron chi connectivity index (χ2n) is 3.36. The predicted molar refractivity (Wildman–Crippen MR) is 48.8 cm³/mol. The van der Waals surface area contributed by atoms with Crippen LogP contribution in [0.3, 0.4) is 0 Å². The van der Waals surface area contributed by atoms with E-state index in [1.165, 1.54) is 6.08 Å². The van der Waals surface area contributed by atoms with Gasteiger partial charge in [0.15, 0.2) is 0 Å². The van der Waals surface area contributed by atoms with Gasteiger partial charge in [-0.2, -0.15) is 0 Å². The molecule has 0 aromatic rings. The Balaban J connectivity index is 2.63. The fourth-order valence-corrected chi connectivity index (χ4v) is 1.14. The maximum Gasteiger partial charge on any atom is 0.337 e. The minimum Gasteiger partial charge on any atom is -0.457 e. The lowest BCUT2D eigenvalue weighted by Gasteiger charge is -2.30. The van der Waals surface area contributed by atoms with Crippen molar-refractivity contribution < 1.29 is 14.3 Å². The maximum absolute atomic E-state index is 11.0. The zero-order valence-electron chi connectivity index (χ0n) is 8.00. The minimum atomic E-state index is -0.831. The Morgan fingerprint density at radius 2 is 2.23 bits per heavy atom. The molecule has 0 spiro atoms. The van der Waals surface area contributed by atoms with Crippen LogP contribution in [-0.2, 0) is 14.3 Å². The Morgan fingerprint density at radius 3 is 2.77 bits per heavy atom. The summed E-state index contributed by atoms with van der Waals surface area (Å²) in [5.74, 6) is -0.501. The number of allylic oxidation sites excluding steroid dienone is 2. The Labute approximate surface area is 78.0 Å². The summed E-state index contributed by atoms with van der Waals surface area (Å²) >= 11 is 0. The summed E-state index contributed by atoms with van der Waals surface area (Å²) in [6, 6.07) is 0. The molecule has 0 aliphatic carbocycles. The van der Waals surface area contributed by atoms with Gasteiger partial charge < -0.3 is 9.47 Å². The zero-order valence-corrected chi connectivity index (χ0v) is 8.00. The Bertz CT molecular complexity index is 251. The molecule has 0 aromatic heterocycles. The van der Waals surface area contributed by atoms with Crippen LogP contribution in [0.4, 0.5) is 0 Å². The number of ether oxygens (including phenoxy) is 2. The first-order valence-electron chi connectivity index (χ1n) is 4.27. The van der Waals surface area contributed by atoms with Gasteiger partial charge in [0.1, 0.15) is 5.76 Å². The van der Waals surface area contributed by atoms with Gasteiger partial charge in [0.25, 0.3) is 0 Å². The number of cyclic esters (lactones) is 1. The van der Waals surface area contributed by atoms with Crippen molar-refractivity contribution in [3.63, 3.8) is 0 Å². The van der Waals surface area contributed by atoms with E-state index in [-0.39, 0.29) is 5.97 Å². The topological polar surface area (TPSA) is 35.5 Å². The molecule has 0 amide bonds. The van der Waals surface area contributed by atoms with Crippen LogP contribution in [0.2, 0.25) is 0 Å². The van der Waals surface area contributed by atoms with Crippen LogP contribution in [0.25, 0.3) is 0 Å². The van der Waals surface area contributed by atoms with Gasteiger partial charge in [-0.05, 0) is 6.42 Å². The third kappa shape index (κ3) is 2.93. The Hall–Kier alpha value is -1.25. The molecule has 1 heterocycles. The predicted octanol–water partition coefficient (Wildman–Crippen LogP) is 2.15. The van der Waals surface area contributed by atoms with E-state index in [1.54, 1.807) is 19.9 Å². The van der Waals surface area contributed by atoms with E-state index in [4.69, 9.17) is 9.47 Å². The van der Waals surface area contributed by atoms with Gasteiger partial charge in [0, 0.05) is 20.3 Å². The van der Waals surface area contributed by atoms with Gasteiger partial charge in [-0.15, -0.1) is 6.58 Å². The van der Waals surface area contributed by atoms with Crippen LogP contribution in [0.15, 0.2) is 24.5 Å². The van der Waals surface area contributed by atoms with E-state index >= 15 is 0 Å². The molecule has 0 fully saturated rings. The molecule has 0 atom stereocenters. The molecule has 1 aliphatic heterocycles. The summed E-state index contributed by atoms with van der Waals surface area (Å²) in [6.07, 6.45) is 4.67. The van der Waals surface area contributed by atoms with E-state index in [0.29, 0.717) is 12.2 Å². The van der Waals surface area contributed by atoms with E-state index in [2.05, 4.69) is 6.58 Å². The van der Waals surface area contributed by atoms with E-state index < -0.39 is 5.79 Å². The summed E-state index contributed by atoms with van der Waals surface area (Å²) in [5.41, 5.74) is 0. The van der Waals surface area contributed by atoms with Gasteiger partial charge in [-0.3, -0.25) is 0 Å². The molecule has 0 bridgehead atoms. The molecule has 3 nitrogen and oxygen atoms in total. The van der Waals surface area contributed by atoms with E-state index in [9.17, 15) is 4.79 Å². The lowest BCUT2D eigenvalue weighted by molar-refractivity contribution is -0.205. The molecule has 1 aliphatic rings. The fraction of sp³-hybridized carbons (Fsp3) is 0.500. The molecule has 0 N–H and O–H groups in total. The highest BCUT2D eigenvalue weighted by Crippen LogP contribution is 2.24. The second kappa shape index (κ2) is 3.64. The van der Waals surface area contributed by atoms with Crippen LogP contribution in [0.5, 0.6) is 0 Å². The summed E-state index contributed by atoms with van der Waals surface area (Å²) in [4.78, 5) is 11.0. The maximum atomic E-state index is 11.0. The summed E-state index contributed by atoms with van der Waals surface area (Å²) < 4.78 is 10.3. The van der Waals surface area contributed by atoms with Gasteiger partial charge >= 0.3 is 5.97 Å². The Kier molecular flexibility index (Phi) is 2.76.